The molecule has 1 amide bonds. The summed E-state index contributed by atoms with van der Waals surface area (Å²) >= 11 is 1.22. The Morgan fingerprint density at radius 3 is 2.48 bits per heavy atom. The fraction of sp³-hybridized carbons (Fsp3) is 0.214. The number of carbonyl (C=O) groups is 1. The van der Waals surface area contributed by atoms with Crippen molar-refractivity contribution in [2.75, 3.05) is 11.5 Å². The minimum atomic E-state index is -0.338. The fourth-order valence-corrected chi connectivity index (χ4v) is 2.48. The van der Waals surface area contributed by atoms with E-state index in [1.54, 1.807) is 6.92 Å². The molecule has 110 valence electrons. The second kappa shape index (κ2) is 6.94. The highest BCUT2D eigenvalue weighted by Crippen LogP contribution is 2.21. The van der Waals surface area contributed by atoms with Crippen LogP contribution in [-0.4, -0.2) is 21.1 Å². The average Bonchev–Trinajstić information content (AvgIpc) is 2.44. The van der Waals surface area contributed by atoms with Crippen molar-refractivity contribution in [2.24, 2.45) is 0 Å². The van der Waals surface area contributed by atoms with Crippen LogP contribution in [-0.2, 0) is 11.3 Å². The minimum absolute atomic E-state index is 0.0894. The first kappa shape index (κ1) is 15.1. The van der Waals surface area contributed by atoms with Crippen LogP contribution in [0.2, 0.25) is 0 Å². The van der Waals surface area contributed by atoms with Crippen LogP contribution in [0.5, 0.6) is 0 Å². The van der Waals surface area contributed by atoms with E-state index in [0.717, 1.165) is 5.56 Å². The summed E-state index contributed by atoms with van der Waals surface area (Å²) < 4.78 is 0. The number of nitrogen functional groups attached to an aromatic ring is 2. The molecule has 0 aliphatic carbocycles. The molecule has 0 aliphatic rings. The SMILES string of the molecule is CC(Sc1nc(N)cc(N)n1)C(=O)NCc1ccccc1. The van der Waals surface area contributed by atoms with E-state index in [-0.39, 0.29) is 11.2 Å². The number of hydrogen-bond acceptors (Lipinski definition) is 6. The van der Waals surface area contributed by atoms with Crippen LogP contribution in [0.1, 0.15) is 12.5 Å². The number of rotatable bonds is 5. The van der Waals surface area contributed by atoms with Crippen molar-refractivity contribution in [3.8, 4) is 0 Å². The maximum Gasteiger partial charge on any atom is 0.233 e. The third-order valence-electron chi connectivity index (χ3n) is 2.71. The van der Waals surface area contributed by atoms with Crippen LogP contribution < -0.4 is 16.8 Å². The van der Waals surface area contributed by atoms with E-state index >= 15 is 0 Å². The maximum atomic E-state index is 12.0. The molecule has 7 heteroatoms. The smallest absolute Gasteiger partial charge is 0.233 e. The van der Waals surface area contributed by atoms with Gasteiger partial charge in [-0.15, -0.1) is 0 Å². The molecule has 1 unspecified atom stereocenters. The monoisotopic (exact) mass is 303 g/mol. The van der Waals surface area contributed by atoms with Gasteiger partial charge in [0.05, 0.1) is 5.25 Å². The normalized spacial score (nSPS) is 11.9. The van der Waals surface area contributed by atoms with E-state index in [1.807, 2.05) is 30.3 Å². The van der Waals surface area contributed by atoms with Crippen molar-refractivity contribution in [2.45, 2.75) is 23.9 Å². The van der Waals surface area contributed by atoms with Gasteiger partial charge in [-0.2, -0.15) is 0 Å². The predicted molar refractivity (Wildman–Crippen MR) is 84.5 cm³/mol. The lowest BCUT2D eigenvalue weighted by atomic mass is 10.2. The average molecular weight is 303 g/mol. The van der Waals surface area contributed by atoms with E-state index in [9.17, 15) is 4.79 Å². The lowest BCUT2D eigenvalue weighted by molar-refractivity contribution is -0.120. The summed E-state index contributed by atoms with van der Waals surface area (Å²) in [6, 6.07) is 11.2. The molecule has 1 atom stereocenters. The molecule has 1 aromatic carbocycles. The molecule has 1 heterocycles. The third-order valence-corrected chi connectivity index (χ3v) is 3.67. The van der Waals surface area contributed by atoms with Gasteiger partial charge in [0, 0.05) is 12.6 Å². The molecule has 0 aliphatic heterocycles. The molecule has 21 heavy (non-hydrogen) atoms. The standard InChI is InChI=1S/C14H17N5OS/c1-9(21-14-18-11(15)7-12(16)19-14)13(20)17-8-10-5-3-2-4-6-10/h2-7,9H,8H2,1H3,(H,17,20)(H4,15,16,18,19). The summed E-state index contributed by atoms with van der Waals surface area (Å²) in [6.07, 6.45) is 0. The van der Waals surface area contributed by atoms with Crippen molar-refractivity contribution in [1.82, 2.24) is 15.3 Å². The van der Waals surface area contributed by atoms with Gasteiger partial charge in [-0.25, -0.2) is 9.97 Å². The number of nitrogens with two attached hydrogens (primary N) is 2. The molecule has 0 bridgehead atoms. The molecule has 0 radical (unpaired) electrons. The van der Waals surface area contributed by atoms with Crippen LogP contribution in [0.25, 0.3) is 0 Å². The predicted octanol–water partition coefficient (Wildman–Crippen LogP) is 1.44. The van der Waals surface area contributed by atoms with Gasteiger partial charge in [0.25, 0.3) is 0 Å². The highest BCUT2D eigenvalue weighted by molar-refractivity contribution is 8.00. The first-order valence-corrected chi connectivity index (χ1v) is 7.31. The first-order chi connectivity index (χ1) is 10.0. The number of benzene rings is 1. The second-order valence-electron chi connectivity index (χ2n) is 4.46. The molecule has 0 saturated carbocycles. The number of carbonyl (C=O) groups excluding carboxylic acids is 1. The van der Waals surface area contributed by atoms with Gasteiger partial charge >= 0.3 is 0 Å². The largest absolute Gasteiger partial charge is 0.383 e. The van der Waals surface area contributed by atoms with Crippen molar-refractivity contribution >= 4 is 29.3 Å². The number of aromatic nitrogens is 2. The summed E-state index contributed by atoms with van der Waals surface area (Å²) in [7, 11) is 0. The minimum Gasteiger partial charge on any atom is -0.383 e. The van der Waals surface area contributed by atoms with Crippen molar-refractivity contribution in [3.63, 3.8) is 0 Å². The summed E-state index contributed by atoms with van der Waals surface area (Å²) in [4.78, 5) is 20.1. The van der Waals surface area contributed by atoms with E-state index in [4.69, 9.17) is 11.5 Å². The lowest BCUT2D eigenvalue weighted by Crippen LogP contribution is -2.30. The van der Waals surface area contributed by atoms with Crippen molar-refractivity contribution < 1.29 is 4.79 Å². The number of nitrogens with zero attached hydrogens (tertiary/aromatic N) is 2. The summed E-state index contributed by atoms with van der Waals surface area (Å²) in [5, 5.41) is 2.93. The van der Waals surface area contributed by atoms with Gasteiger partial charge < -0.3 is 16.8 Å². The Morgan fingerprint density at radius 2 is 1.86 bits per heavy atom. The molecule has 0 saturated heterocycles. The van der Waals surface area contributed by atoms with E-state index in [2.05, 4.69) is 15.3 Å². The zero-order valence-electron chi connectivity index (χ0n) is 11.6. The molecule has 0 spiro atoms. The van der Waals surface area contributed by atoms with Crippen LogP contribution in [0, 0.1) is 0 Å². The number of nitrogens with one attached hydrogen (secondary N) is 1. The Labute approximate surface area is 127 Å². The highest BCUT2D eigenvalue weighted by atomic mass is 32.2. The van der Waals surface area contributed by atoms with Crippen molar-refractivity contribution in [3.05, 3.63) is 42.0 Å². The molecule has 2 aromatic rings. The lowest BCUT2D eigenvalue weighted by Gasteiger charge is -2.11. The molecule has 5 N–H and O–H groups in total. The molecule has 6 nitrogen and oxygen atoms in total. The Hall–Kier alpha value is -2.28. The molecule has 2 rings (SSSR count). The Morgan fingerprint density at radius 1 is 1.24 bits per heavy atom. The van der Waals surface area contributed by atoms with E-state index in [1.165, 1.54) is 17.8 Å². The first-order valence-electron chi connectivity index (χ1n) is 6.43. The topological polar surface area (TPSA) is 107 Å². The number of thioether (sulfide) groups is 1. The molecular formula is C14H17N5OS. The Kier molecular flexibility index (Phi) is 4.99. The molecule has 1 aromatic heterocycles. The van der Waals surface area contributed by atoms with Crippen LogP contribution >= 0.6 is 11.8 Å². The fourth-order valence-electron chi connectivity index (χ4n) is 1.66. The van der Waals surface area contributed by atoms with Crippen LogP contribution in [0.15, 0.2) is 41.6 Å². The molecule has 0 fully saturated rings. The summed E-state index contributed by atoms with van der Waals surface area (Å²) in [5.74, 6) is 0.497. The van der Waals surface area contributed by atoms with Gasteiger partial charge in [-0.1, -0.05) is 42.1 Å². The third kappa shape index (κ3) is 4.64. The maximum absolute atomic E-state index is 12.0. The van der Waals surface area contributed by atoms with Gasteiger partial charge in [-0.3, -0.25) is 4.79 Å². The quantitative estimate of drug-likeness (QED) is 0.570. The summed E-state index contributed by atoms with van der Waals surface area (Å²) in [5.41, 5.74) is 12.3. The molecular weight excluding hydrogens is 286 g/mol. The number of hydrogen-bond donors (Lipinski definition) is 3. The Balaban J connectivity index is 1.90. The zero-order chi connectivity index (χ0) is 15.2. The number of amides is 1. The van der Waals surface area contributed by atoms with Gasteiger partial charge in [0.15, 0.2) is 5.16 Å². The van der Waals surface area contributed by atoms with E-state index < -0.39 is 0 Å². The highest BCUT2D eigenvalue weighted by Gasteiger charge is 2.16. The van der Waals surface area contributed by atoms with Gasteiger partial charge in [0.2, 0.25) is 5.91 Å². The van der Waals surface area contributed by atoms with E-state index in [0.29, 0.717) is 23.3 Å². The second-order valence-corrected chi connectivity index (χ2v) is 5.77. The van der Waals surface area contributed by atoms with Gasteiger partial charge in [0.1, 0.15) is 11.6 Å². The summed E-state index contributed by atoms with van der Waals surface area (Å²) in [6.45, 7) is 2.28. The Bertz CT molecular complexity index is 600. The number of anilines is 2. The zero-order valence-corrected chi connectivity index (χ0v) is 12.4. The van der Waals surface area contributed by atoms with Crippen molar-refractivity contribution in [1.29, 1.82) is 0 Å². The van der Waals surface area contributed by atoms with Gasteiger partial charge in [-0.05, 0) is 12.5 Å². The van der Waals surface area contributed by atoms with Crippen LogP contribution in [0.3, 0.4) is 0 Å². The van der Waals surface area contributed by atoms with Crippen LogP contribution in [0.4, 0.5) is 11.6 Å².